The van der Waals surface area contributed by atoms with Gasteiger partial charge in [0.2, 0.25) is 11.8 Å². The molecule has 0 radical (unpaired) electrons. The fourth-order valence-corrected chi connectivity index (χ4v) is 5.20. The van der Waals surface area contributed by atoms with Gasteiger partial charge in [-0.3, -0.25) is 4.90 Å². The first-order valence-electron chi connectivity index (χ1n) is 10.9. The molecule has 3 aromatic rings. The van der Waals surface area contributed by atoms with Gasteiger partial charge in [0.1, 0.15) is 11.5 Å². The van der Waals surface area contributed by atoms with E-state index in [0.29, 0.717) is 5.88 Å². The third-order valence-electron chi connectivity index (χ3n) is 6.07. The number of aromatic nitrogens is 2. The van der Waals surface area contributed by atoms with Crippen molar-refractivity contribution in [2.24, 2.45) is 0 Å². The van der Waals surface area contributed by atoms with Crippen LogP contribution in [0.5, 0.6) is 17.4 Å². The van der Waals surface area contributed by atoms with Gasteiger partial charge < -0.3 is 14.4 Å². The number of methoxy groups -OCH3 is 1. The van der Waals surface area contributed by atoms with Crippen LogP contribution < -0.4 is 14.4 Å². The standard InChI is InChI=1S/C24H28N4O2S/c1-17-9-13-31-22(17)16-27-12-8-21-20(15-27)23(26-24(25-21)28-10-3-4-11-28)30-19-7-5-6-18(14-19)29-2/h5-7,9,13-14H,3-4,8,10-12,15-16H2,1-2H3. The fourth-order valence-electron chi connectivity index (χ4n) is 4.25. The molecule has 0 atom stereocenters. The lowest BCUT2D eigenvalue weighted by atomic mass is 10.1. The normalized spacial score (nSPS) is 16.4. The molecule has 1 fully saturated rings. The van der Waals surface area contributed by atoms with E-state index >= 15 is 0 Å². The van der Waals surface area contributed by atoms with Crippen LogP contribution in [0, 0.1) is 6.92 Å². The lowest BCUT2D eigenvalue weighted by Gasteiger charge is -2.30. The van der Waals surface area contributed by atoms with E-state index in [0.717, 1.165) is 67.8 Å². The van der Waals surface area contributed by atoms with Gasteiger partial charge in [0.05, 0.1) is 18.4 Å². The molecular formula is C24H28N4O2S. The number of ether oxygens (including phenoxy) is 2. The Labute approximate surface area is 187 Å². The van der Waals surface area contributed by atoms with Crippen molar-refractivity contribution in [2.75, 3.05) is 31.6 Å². The Morgan fingerprint density at radius 1 is 1.06 bits per heavy atom. The summed E-state index contributed by atoms with van der Waals surface area (Å²) >= 11 is 1.83. The zero-order valence-electron chi connectivity index (χ0n) is 18.1. The molecule has 0 amide bonds. The molecule has 4 heterocycles. The third kappa shape index (κ3) is 4.38. The maximum atomic E-state index is 6.34. The van der Waals surface area contributed by atoms with Gasteiger partial charge in [0.15, 0.2) is 0 Å². The van der Waals surface area contributed by atoms with Gasteiger partial charge in [0.25, 0.3) is 0 Å². The third-order valence-corrected chi connectivity index (χ3v) is 7.08. The van der Waals surface area contributed by atoms with Crippen molar-refractivity contribution < 1.29 is 9.47 Å². The molecule has 7 heteroatoms. The molecule has 0 spiro atoms. The minimum absolute atomic E-state index is 0.674. The minimum atomic E-state index is 0.674. The number of anilines is 1. The molecule has 0 bridgehead atoms. The quantitative estimate of drug-likeness (QED) is 0.553. The smallest absolute Gasteiger partial charge is 0.228 e. The predicted molar refractivity (Wildman–Crippen MR) is 123 cm³/mol. The first-order valence-corrected chi connectivity index (χ1v) is 11.8. The highest BCUT2D eigenvalue weighted by Gasteiger charge is 2.26. The van der Waals surface area contributed by atoms with Crippen LogP contribution in [-0.4, -0.2) is 41.6 Å². The van der Waals surface area contributed by atoms with E-state index in [1.807, 2.05) is 35.6 Å². The molecule has 2 aromatic heterocycles. The topological polar surface area (TPSA) is 50.7 Å². The molecule has 31 heavy (non-hydrogen) atoms. The molecule has 5 rings (SSSR count). The van der Waals surface area contributed by atoms with Crippen molar-refractivity contribution >= 4 is 17.3 Å². The largest absolute Gasteiger partial charge is 0.497 e. The Bertz CT molecular complexity index is 1060. The van der Waals surface area contributed by atoms with Crippen molar-refractivity contribution in [1.82, 2.24) is 14.9 Å². The van der Waals surface area contributed by atoms with Crippen LogP contribution in [0.1, 0.15) is 34.5 Å². The second-order valence-electron chi connectivity index (χ2n) is 8.22. The maximum Gasteiger partial charge on any atom is 0.228 e. The zero-order chi connectivity index (χ0) is 21.2. The number of aryl methyl sites for hydroxylation is 1. The summed E-state index contributed by atoms with van der Waals surface area (Å²) in [7, 11) is 1.67. The molecule has 162 valence electrons. The summed E-state index contributed by atoms with van der Waals surface area (Å²) in [6, 6.07) is 9.90. The summed E-state index contributed by atoms with van der Waals surface area (Å²) in [4.78, 5) is 16.0. The molecule has 0 N–H and O–H groups in total. The second-order valence-corrected chi connectivity index (χ2v) is 9.22. The van der Waals surface area contributed by atoms with Gasteiger partial charge in [0, 0.05) is 50.1 Å². The number of benzene rings is 1. The summed E-state index contributed by atoms with van der Waals surface area (Å²) in [5.41, 5.74) is 3.59. The zero-order valence-corrected chi connectivity index (χ0v) is 19.0. The molecular weight excluding hydrogens is 408 g/mol. The number of nitrogens with zero attached hydrogens (tertiary/aromatic N) is 4. The van der Waals surface area contributed by atoms with E-state index in [2.05, 4.69) is 28.2 Å². The first-order chi connectivity index (χ1) is 15.2. The molecule has 2 aliphatic rings. The summed E-state index contributed by atoms with van der Waals surface area (Å²) in [5.74, 6) is 2.98. The average molecular weight is 437 g/mol. The number of hydrogen-bond donors (Lipinski definition) is 0. The summed E-state index contributed by atoms with van der Waals surface area (Å²) < 4.78 is 11.7. The summed E-state index contributed by atoms with van der Waals surface area (Å²) in [5, 5.41) is 2.17. The van der Waals surface area contributed by atoms with Crippen molar-refractivity contribution in [1.29, 1.82) is 0 Å². The number of fused-ring (bicyclic) bond motifs is 1. The molecule has 0 saturated carbocycles. The van der Waals surface area contributed by atoms with E-state index in [4.69, 9.17) is 19.4 Å². The van der Waals surface area contributed by atoms with Gasteiger partial charge in [-0.15, -0.1) is 11.3 Å². The molecule has 6 nitrogen and oxygen atoms in total. The number of hydrogen-bond acceptors (Lipinski definition) is 7. The highest BCUT2D eigenvalue weighted by atomic mass is 32.1. The monoisotopic (exact) mass is 436 g/mol. The Morgan fingerprint density at radius 2 is 1.90 bits per heavy atom. The van der Waals surface area contributed by atoms with E-state index in [9.17, 15) is 0 Å². The number of rotatable bonds is 6. The summed E-state index contributed by atoms with van der Waals surface area (Å²) in [6.07, 6.45) is 3.30. The highest BCUT2D eigenvalue weighted by Crippen LogP contribution is 2.34. The Morgan fingerprint density at radius 3 is 2.68 bits per heavy atom. The second kappa shape index (κ2) is 8.85. The molecule has 0 unspecified atom stereocenters. The van der Waals surface area contributed by atoms with Crippen LogP contribution in [0.3, 0.4) is 0 Å². The van der Waals surface area contributed by atoms with Gasteiger partial charge in [-0.05, 0) is 48.9 Å². The SMILES string of the molecule is COc1cccc(Oc2nc(N3CCCC3)nc3c2CN(Cc2sccc2C)CC3)c1. The van der Waals surface area contributed by atoms with Crippen LogP contribution >= 0.6 is 11.3 Å². The highest BCUT2D eigenvalue weighted by molar-refractivity contribution is 7.10. The van der Waals surface area contributed by atoms with Crippen LogP contribution in [0.4, 0.5) is 5.95 Å². The molecule has 0 aliphatic carbocycles. The van der Waals surface area contributed by atoms with Crippen LogP contribution in [0.15, 0.2) is 35.7 Å². The maximum absolute atomic E-state index is 6.34. The van der Waals surface area contributed by atoms with Crippen LogP contribution in [0.2, 0.25) is 0 Å². The van der Waals surface area contributed by atoms with E-state index < -0.39 is 0 Å². The van der Waals surface area contributed by atoms with Crippen molar-refractivity contribution in [2.45, 2.75) is 39.3 Å². The average Bonchev–Trinajstić information content (AvgIpc) is 3.46. The number of thiophene rings is 1. The van der Waals surface area contributed by atoms with E-state index in [-0.39, 0.29) is 0 Å². The first kappa shape index (κ1) is 20.3. The summed E-state index contributed by atoms with van der Waals surface area (Å²) in [6.45, 7) is 6.97. The van der Waals surface area contributed by atoms with Gasteiger partial charge in [-0.1, -0.05) is 6.07 Å². The molecule has 2 aliphatic heterocycles. The lowest BCUT2D eigenvalue weighted by molar-refractivity contribution is 0.240. The lowest BCUT2D eigenvalue weighted by Crippen LogP contribution is -2.32. The fraction of sp³-hybridized carbons (Fsp3) is 0.417. The molecule has 1 saturated heterocycles. The van der Waals surface area contributed by atoms with Gasteiger partial charge in [-0.25, -0.2) is 4.98 Å². The van der Waals surface area contributed by atoms with Crippen molar-refractivity contribution in [3.05, 3.63) is 57.4 Å². The van der Waals surface area contributed by atoms with Gasteiger partial charge >= 0.3 is 0 Å². The van der Waals surface area contributed by atoms with Crippen molar-refractivity contribution in [3.8, 4) is 17.4 Å². The van der Waals surface area contributed by atoms with E-state index in [1.165, 1.54) is 23.3 Å². The Hall–Kier alpha value is -2.64. The van der Waals surface area contributed by atoms with Gasteiger partial charge in [-0.2, -0.15) is 4.98 Å². The molecule has 1 aromatic carbocycles. The minimum Gasteiger partial charge on any atom is -0.497 e. The predicted octanol–water partition coefficient (Wildman–Crippen LogP) is 4.81. The van der Waals surface area contributed by atoms with Crippen molar-refractivity contribution in [3.63, 3.8) is 0 Å². The van der Waals surface area contributed by atoms with Crippen LogP contribution in [0.25, 0.3) is 0 Å². The Balaban J connectivity index is 1.47. The van der Waals surface area contributed by atoms with Crippen LogP contribution in [-0.2, 0) is 19.5 Å². The Kier molecular flexibility index (Phi) is 5.78. The van der Waals surface area contributed by atoms with E-state index in [1.54, 1.807) is 7.11 Å².